The van der Waals surface area contributed by atoms with E-state index in [-0.39, 0.29) is 5.91 Å². The Morgan fingerprint density at radius 3 is 2.78 bits per heavy atom. The summed E-state index contributed by atoms with van der Waals surface area (Å²) in [4.78, 5) is 18.8. The molecule has 0 spiro atoms. The van der Waals surface area contributed by atoms with Gasteiger partial charge in [0.2, 0.25) is 5.95 Å². The van der Waals surface area contributed by atoms with Crippen molar-refractivity contribution in [3.05, 3.63) is 54.1 Å². The first-order chi connectivity index (χ1) is 11.3. The Hall–Kier alpha value is -2.96. The average molecular weight is 308 g/mol. The smallest absolute Gasteiger partial charge is 0.264 e. The number of hydrogen-bond acceptors (Lipinski definition) is 4. The molecule has 0 unspecified atom stereocenters. The van der Waals surface area contributed by atoms with Crippen LogP contribution in [0.25, 0.3) is 5.69 Å². The van der Waals surface area contributed by atoms with Gasteiger partial charge >= 0.3 is 0 Å². The van der Waals surface area contributed by atoms with Crippen molar-refractivity contribution >= 4 is 11.9 Å². The van der Waals surface area contributed by atoms with E-state index in [0.29, 0.717) is 18.1 Å². The first-order valence-corrected chi connectivity index (χ1v) is 7.55. The highest BCUT2D eigenvalue weighted by Gasteiger charge is 2.28. The van der Waals surface area contributed by atoms with E-state index in [4.69, 9.17) is 0 Å². The Kier molecular flexibility index (Phi) is 3.18. The SMILES string of the molecule is Cc1c(C(=O)N2CCCn3ncnc32)cnn1-c1ccccc1. The van der Waals surface area contributed by atoms with Gasteiger partial charge in [-0.2, -0.15) is 15.2 Å². The zero-order chi connectivity index (χ0) is 15.8. The summed E-state index contributed by atoms with van der Waals surface area (Å²) < 4.78 is 3.54. The second-order valence-corrected chi connectivity index (χ2v) is 5.48. The number of para-hydroxylation sites is 1. The zero-order valence-electron chi connectivity index (χ0n) is 12.8. The summed E-state index contributed by atoms with van der Waals surface area (Å²) in [6.07, 6.45) is 3.98. The lowest BCUT2D eigenvalue weighted by Crippen LogP contribution is -2.38. The van der Waals surface area contributed by atoms with Gasteiger partial charge in [0.25, 0.3) is 5.91 Å². The predicted octanol–water partition coefficient (Wildman–Crippen LogP) is 1.82. The first-order valence-electron chi connectivity index (χ1n) is 7.55. The number of hydrogen-bond donors (Lipinski definition) is 0. The van der Waals surface area contributed by atoms with Crippen LogP contribution in [0, 0.1) is 6.92 Å². The molecular weight excluding hydrogens is 292 g/mol. The third-order valence-electron chi connectivity index (χ3n) is 4.07. The van der Waals surface area contributed by atoms with Gasteiger partial charge in [-0.15, -0.1) is 0 Å². The molecule has 0 saturated heterocycles. The lowest BCUT2D eigenvalue weighted by atomic mass is 10.2. The Morgan fingerprint density at radius 2 is 1.96 bits per heavy atom. The van der Waals surface area contributed by atoms with Crippen LogP contribution < -0.4 is 4.90 Å². The quantitative estimate of drug-likeness (QED) is 0.724. The van der Waals surface area contributed by atoms with E-state index in [1.807, 2.05) is 37.3 Å². The predicted molar refractivity (Wildman–Crippen MR) is 84.6 cm³/mol. The van der Waals surface area contributed by atoms with Gasteiger partial charge in [-0.05, 0) is 25.5 Å². The highest BCUT2D eigenvalue weighted by Crippen LogP contribution is 2.22. The van der Waals surface area contributed by atoms with E-state index < -0.39 is 0 Å². The Bertz CT molecular complexity index is 851. The molecule has 1 aliphatic rings. The topological polar surface area (TPSA) is 68.8 Å². The molecule has 1 aromatic carbocycles. The molecular formula is C16H16N6O. The second-order valence-electron chi connectivity index (χ2n) is 5.48. The molecule has 23 heavy (non-hydrogen) atoms. The molecule has 3 aromatic rings. The van der Waals surface area contributed by atoms with Crippen LogP contribution in [0.15, 0.2) is 42.9 Å². The van der Waals surface area contributed by atoms with Crippen LogP contribution >= 0.6 is 0 Å². The van der Waals surface area contributed by atoms with Gasteiger partial charge in [-0.25, -0.2) is 9.36 Å². The Morgan fingerprint density at radius 1 is 1.13 bits per heavy atom. The molecule has 2 aromatic heterocycles. The fourth-order valence-corrected chi connectivity index (χ4v) is 2.89. The van der Waals surface area contributed by atoms with Crippen molar-refractivity contribution in [2.24, 2.45) is 0 Å². The molecule has 0 fully saturated rings. The van der Waals surface area contributed by atoms with Crippen LogP contribution in [0.1, 0.15) is 22.5 Å². The number of rotatable bonds is 2. The molecule has 0 saturated carbocycles. The number of amides is 1. The number of benzene rings is 1. The summed E-state index contributed by atoms with van der Waals surface area (Å²) >= 11 is 0. The van der Waals surface area contributed by atoms with E-state index in [2.05, 4.69) is 15.2 Å². The highest BCUT2D eigenvalue weighted by atomic mass is 16.2. The third kappa shape index (κ3) is 2.21. The molecule has 3 heterocycles. The minimum atomic E-state index is -0.0846. The summed E-state index contributed by atoms with van der Waals surface area (Å²) in [7, 11) is 0. The van der Waals surface area contributed by atoms with Crippen LogP contribution in [0.3, 0.4) is 0 Å². The number of nitrogens with zero attached hydrogens (tertiary/aromatic N) is 6. The Balaban J connectivity index is 1.70. The van der Waals surface area contributed by atoms with Crippen LogP contribution in [-0.2, 0) is 6.54 Å². The number of aromatic nitrogens is 5. The van der Waals surface area contributed by atoms with E-state index in [0.717, 1.165) is 24.3 Å². The van der Waals surface area contributed by atoms with Crippen molar-refractivity contribution in [3.8, 4) is 5.69 Å². The van der Waals surface area contributed by atoms with Crippen LogP contribution in [0.2, 0.25) is 0 Å². The van der Waals surface area contributed by atoms with E-state index >= 15 is 0 Å². The molecule has 116 valence electrons. The lowest BCUT2D eigenvalue weighted by Gasteiger charge is -2.25. The van der Waals surface area contributed by atoms with Crippen molar-refractivity contribution in [1.29, 1.82) is 0 Å². The summed E-state index contributed by atoms with van der Waals surface area (Å²) in [6.45, 7) is 3.34. The summed E-state index contributed by atoms with van der Waals surface area (Å²) in [5, 5.41) is 8.52. The summed E-state index contributed by atoms with van der Waals surface area (Å²) in [5.41, 5.74) is 2.34. The number of fused-ring (bicyclic) bond motifs is 1. The van der Waals surface area contributed by atoms with E-state index in [9.17, 15) is 4.79 Å². The van der Waals surface area contributed by atoms with Crippen LogP contribution in [0.5, 0.6) is 0 Å². The summed E-state index contributed by atoms with van der Waals surface area (Å²) in [5.74, 6) is 0.520. The van der Waals surface area contributed by atoms with Crippen molar-refractivity contribution in [1.82, 2.24) is 24.5 Å². The minimum absolute atomic E-state index is 0.0846. The largest absolute Gasteiger partial charge is 0.277 e. The monoisotopic (exact) mass is 308 g/mol. The van der Waals surface area contributed by atoms with Gasteiger partial charge in [0.1, 0.15) is 6.33 Å². The maximum Gasteiger partial charge on any atom is 0.264 e. The molecule has 7 heteroatoms. The normalized spacial score (nSPS) is 13.9. The average Bonchev–Trinajstić information content (AvgIpc) is 3.21. The van der Waals surface area contributed by atoms with Crippen molar-refractivity contribution in [2.75, 3.05) is 11.4 Å². The third-order valence-corrected chi connectivity index (χ3v) is 4.07. The molecule has 7 nitrogen and oxygen atoms in total. The molecule has 0 N–H and O–H groups in total. The molecule has 4 rings (SSSR count). The molecule has 0 atom stereocenters. The van der Waals surface area contributed by atoms with Gasteiger partial charge in [-0.3, -0.25) is 9.69 Å². The van der Waals surface area contributed by atoms with Gasteiger partial charge < -0.3 is 0 Å². The van der Waals surface area contributed by atoms with Gasteiger partial charge in [0, 0.05) is 13.1 Å². The highest BCUT2D eigenvalue weighted by molar-refractivity contribution is 6.06. The van der Waals surface area contributed by atoms with Gasteiger partial charge in [0.15, 0.2) is 0 Å². The van der Waals surface area contributed by atoms with E-state index in [1.54, 1.807) is 20.5 Å². The minimum Gasteiger partial charge on any atom is -0.277 e. The van der Waals surface area contributed by atoms with Gasteiger partial charge in [-0.1, -0.05) is 18.2 Å². The maximum absolute atomic E-state index is 12.9. The van der Waals surface area contributed by atoms with Crippen molar-refractivity contribution in [2.45, 2.75) is 19.9 Å². The van der Waals surface area contributed by atoms with Crippen LogP contribution in [0.4, 0.5) is 5.95 Å². The molecule has 0 aliphatic carbocycles. The molecule has 1 aliphatic heterocycles. The fourth-order valence-electron chi connectivity index (χ4n) is 2.89. The second kappa shape index (κ2) is 5.35. The zero-order valence-corrected chi connectivity index (χ0v) is 12.8. The number of aryl methyl sites for hydroxylation is 1. The van der Waals surface area contributed by atoms with Crippen molar-refractivity contribution in [3.63, 3.8) is 0 Å². The van der Waals surface area contributed by atoms with Crippen molar-refractivity contribution < 1.29 is 4.79 Å². The first kappa shape index (κ1) is 13.7. The Labute approximate surface area is 133 Å². The standard InChI is InChI=1S/C16H16N6O/c1-12-14(10-18-22(12)13-6-3-2-4-7-13)15(23)20-8-5-9-21-16(20)17-11-19-21/h2-4,6-7,10-11H,5,8-9H2,1H3. The van der Waals surface area contributed by atoms with Gasteiger partial charge in [0.05, 0.1) is 23.1 Å². The maximum atomic E-state index is 12.9. The van der Waals surface area contributed by atoms with Crippen LogP contribution in [-0.4, -0.2) is 37.0 Å². The molecule has 1 amide bonds. The number of carbonyl (C=O) groups excluding carboxylic acids is 1. The number of carbonyl (C=O) groups is 1. The molecule has 0 bridgehead atoms. The fraction of sp³-hybridized carbons (Fsp3) is 0.250. The number of anilines is 1. The lowest BCUT2D eigenvalue weighted by molar-refractivity contribution is 0.0979. The summed E-state index contributed by atoms with van der Waals surface area (Å²) in [6, 6.07) is 9.78. The molecule has 0 radical (unpaired) electrons. The van der Waals surface area contributed by atoms with E-state index in [1.165, 1.54) is 6.33 Å².